The van der Waals surface area contributed by atoms with Crippen LogP contribution in [0.3, 0.4) is 0 Å². The maximum absolute atomic E-state index is 12.4. The average molecular weight is 342 g/mol. The number of carbonyl (C=O) groups is 1. The summed E-state index contributed by atoms with van der Waals surface area (Å²) >= 11 is 0. The Morgan fingerprint density at radius 2 is 2.00 bits per heavy atom. The molecule has 25 heavy (non-hydrogen) atoms. The molecule has 1 fully saturated rings. The number of aryl methyl sites for hydroxylation is 1. The largest absolute Gasteiger partial charge is 0.481 e. The van der Waals surface area contributed by atoms with Gasteiger partial charge in [0, 0.05) is 37.7 Å². The summed E-state index contributed by atoms with van der Waals surface area (Å²) in [6.45, 7) is 3.46. The fourth-order valence-electron chi connectivity index (χ4n) is 2.79. The van der Waals surface area contributed by atoms with Crippen LogP contribution in [-0.4, -0.2) is 46.0 Å². The molecule has 0 radical (unpaired) electrons. The summed E-state index contributed by atoms with van der Waals surface area (Å²) in [5, 5.41) is 2.90. The van der Waals surface area contributed by atoms with Crippen LogP contribution in [0.4, 0.5) is 11.6 Å². The molecule has 0 aliphatic carbocycles. The molecule has 0 unspecified atom stereocenters. The summed E-state index contributed by atoms with van der Waals surface area (Å²) in [7, 11) is 1.58. The number of hydrogen-bond donors (Lipinski definition) is 1. The summed E-state index contributed by atoms with van der Waals surface area (Å²) in [6, 6.07) is 1.72. The first kappa shape index (κ1) is 17.1. The van der Waals surface area contributed by atoms with Gasteiger partial charge in [0.05, 0.1) is 25.2 Å². The van der Waals surface area contributed by atoms with Crippen LogP contribution in [0, 0.1) is 5.92 Å². The van der Waals surface area contributed by atoms with Crippen LogP contribution < -0.4 is 15.0 Å². The van der Waals surface area contributed by atoms with E-state index in [0.29, 0.717) is 17.5 Å². The third-order valence-electron chi connectivity index (χ3n) is 4.26. The second-order valence-electron chi connectivity index (χ2n) is 5.89. The van der Waals surface area contributed by atoms with E-state index in [2.05, 4.69) is 30.2 Å². The second kappa shape index (κ2) is 7.87. The molecule has 8 nitrogen and oxygen atoms in total. The Hall–Kier alpha value is -2.77. The average Bonchev–Trinajstić information content (AvgIpc) is 2.68. The van der Waals surface area contributed by atoms with Crippen LogP contribution in [0.5, 0.6) is 5.88 Å². The summed E-state index contributed by atoms with van der Waals surface area (Å²) in [6.07, 6.45) is 7.27. The van der Waals surface area contributed by atoms with Crippen molar-refractivity contribution in [3.8, 4) is 5.88 Å². The lowest BCUT2D eigenvalue weighted by Crippen LogP contribution is -2.39. The first-order valence-corrected chi connectivity index (χ1v) is 8.43. The highest BCUT2D eigenvalue weighted by Crippen LogP contribution is 2.23. The van der Waals surface area contributed by atoms with Crippen molar-refractivity contribution >= 4 is 17.5 Å². The van der Waals surface area contributed by atoms with Crippen LogP contribution in [0.15, 0.2) is 24.7 Å². The fourth-order valence-corrected chi connectivity index (χ4v) is 2.79. The lowest BCUT2D eigenvalue weighted by molar-refractivity contribution is -0.120. The SMILES string of the molecule is CCc1ncc(NC(=O)C2CCN(c3nccc(OC)n3)CC2)cn1. The minimum absolute atomic E-state index is 0.0130. The molecular formula is C17H22N6O2. The zero-order valence-corrected chi connectivity index (χ0v) is 14.5. The molecule has 2 aromatic heterocycles. The molecule has 1 N–H and O–H groups in total. The van der Waals surface area contributed by atoms with E-state index in [-0.39, 0.29) is 11.8 Å². The minimum atomic E-state index is -0.0345. The van der Waals surface area contributed by atoms with Crippen LogP contribution in [0.2, 0.25) is 0 Å². The number of piperidine rings is 1. The van der Waals surface area contributed by atoms with E-state index in [1.807, 2.05) is 6.92 Å². The molecule has 1 saturated heterocycles. The normalized spacial score (nSPS) is 15.0. The highest BCUT2D eigenvalue weighted by molar-refractivity contribution is 5.92. The van der Waals surface area contributed by atoms with E-state index in [1.165, 1.54) is 0 Å². The van der Waals surface area contributed by atoms with Gasteiger partial charge in [0.2, 0.25) is 17.7 Å². The number of nitrogens with one attached hydrogen (secondary N) is 1. The number of aromatic nitrogens is 4. The molecule has 132 valence electrons. The number of nitrogens with zero attached hydrogens (tertiary/aromatic N) is 5. The van der Waals surface area contributed by atoms with Crippen molar-refractivity contribution in [3.63, 3.8) is 0 Å². The number of amides is 1. The first-order valence-electron chi connectivity index (χ1n) is 8.43. The Morgan fingerprint density at radius 3 is 2.64 bits per heavy atom. The highest BCUT2D eigenvalue weighted by Gasteiger charge is 2.26. The van der Waals surface area contributed by atoms with Crippen molar-refractivity contribution in [2.75, 3.05) is 30.4 Å². The van der Waals surface area contributed by atoms with E-state index in [1.54, 1.807) is 31.8 Å². The maximum Gasteiger partial charge on any atom is 0.228 e. The van der Waals surface area contributed by atoms with Gasteiger partial charge in [-0.05, 0) is 12.8 Å². The van der Waals surface area contributed by atoms with Gasteiger partial charge >= 0.3 is 0 Å². The maximum atomic E-state index is 12.4. The third-order valence-corrected chi connectivity index (χ3v) is 4.26. The predicted octanol–water partition coefficient (Wildman–Crippen LogP) is 1.69. The Bertz CT molecular complexity index is 713. The van der Waals surface area contributed by atoms with E-state index in [9.17, 15) is 4.79 Å². The van der Waals surface area contributed by atoms with Gasteiger partial charge in [-0.15, -0.1) is 0 Å². The number of ether oxygens (including phenoxy) is 1. The van der Waals surface area contributed by atoms with Gasteiger partial charge in [0.25, 0.3) is 0 Å². The number of methoxy groups -OCH3 is 1. The van der Waals surface area contributed by atoms with E-state index < -0.39 is 0 Å². The molecule has 0 atom stereocenters. The van der Waals surface area contributed by atoms with E-state index >= 15 is 0 Å². The van der Waals surface area contributed by atoms with Gasteiger partial charge in [0.15, 0.2) is 0 Å². The Morgan fingerprint density at radius 1 is 1.28 bits per heavy atom. The minimum Gasteiger partial charge on any atom is -0.481 e. The molecule has 3 heterocycles. The van der Waals surface area contributed by atoms with Crippen molar-refractivity contribution in [1.29, 1.82) is 0 Å². The molecule has 8 heteroatoms. The predicted molar refractivity (Wildman–Crippen MR) is 93.6 cm³/mol. The molecule has 0 saturated carbocycles. The summed E-state index contributed by atoms with van der Waals surface area (Å²) in [5.41, 5.74) is 0.640. The van der Waals surface area contributed by atoms with E-state index in [0.717, 1.165) is 38.2 Å². The first-order chi connectivity index (χ1) is 12.2. The number of rotatable bonds is 5. The van der Waals surface area contributed by atoms with E-state index in [4.69, 9.17) is 4.74 Å². The zero-order valence-electron chi connectivity index (χ0n) is 14.5. The monoisotopic (exact) mass is 342 g/mol. The van der Waals surface area contributed by atoms with Gasteiger partial charge in [-0.1, -0.05) is 6.92 Å². The molecule has 1 amide bonds. The summed E-state index contributed by atoms with van der Waals surface area (Å²) in [4.78, 5) is 31.5. The van der Waals surface area contributed by atoms with Gasteiger partial charge in [-0.3, -0.25) is 4.79 Å². The van der Waals surface area contributed by atoms with Crippen LogP contribution in [0.1, 0.15) is 25.6 Å². The fraction of sp³-hybridized carbons (Fsp3) is 0.471. The van der Waals surface area contributed by atoms with Crippen LogP contribution in [-0.2, 0) is 11.2 Å². The summed E-state index contributed by atoms with van der Waals surface area (Å²) < 4.78 is 5.13. The third kappa shape index (κ3) is 4.20. The number of anilines is 2. The lowest BCUT2D eigenvalue weighted by atomic mass is 9.96. The number of carbonyl (C=O) groups excluding carboxylic acids is 1. The molecule has 1 aliphatic heterocycles. The molecule has 1 aliphatic rings. The van der Waals surface area contributed by atoms with Crippen molar-refractivity contribution in [1.82, 2.24) is 19.9 Å². The van der Waals surface area contributed by atoms with Gasteiger partial charge in [-0.2, -0.15) is 4.98 Å². The molecule has 3 rings (SSSR count). The summed E-state index contributed by atoms with van der Waals surface area (Å²) in [5.74, 6) is 1.93. The Labute approximate surface area is 146 Å². The second-order valence-corrected chi connectivity index (χ2v) is 5.89. The van der Waals surface area contributed by atoms with Crippen molar-refractivity contribution < 1.29 is 9.53 Å². The molecule has 2 aromatic rings. The van der Waals surface area contributed by atoms with Gasteiger partial charge in [0.1, 0.15) is 5.82 Å². The number of hydrogen-bond acceptors (Lipinski definition) is 7. The highest BCUT2D eigenvalue weighted by atomic mass is 16.5. The van der Waals surface area contributed by atoms with Crippen molar-refractivity contribution in [2.45, 2.75) is 26.2 Å². The topological polar surface area (TPSA) is 93.1 Å². The quantitative estimate of drug-likeness (QED) is 0.884. The standard InChI is InChI=1S/C17H22N6O2/c1-3-14-19-10-13(11-20-14)21-16(24)12-5-8-23(9-6-12)17-18-7-4-15(22-17)25-2/h4,7,10-12H,3,5-6,8-9H2,1-2H3,(H,21,24). The van der Waals surface area contributed by atoms with Crippen molar-refractivity contribution in [2.24, 2.45) is 5.92 Å². The Balaban J connectivity index is 1.54. The van der Waals surface area contributed by atoms with Gasteiger partial charge < -0.3 is 15.0 Å². The molecule has 0 spiro atoms. The molecule has 0 bridgehead atoms. The molecule has 0 aromatic carbocycles. The Kier molecular flexibility index (Phi) is 5.37. The van der Waals surface area contributed by atoms with Crippen molar-refractivity contribution in [3.05, 3.63) is 30.5 Å². The smallest absolute Gasteiger partial charge is 0.228 e. The van der Waals surface area contributed by atoms with Crippen LogP contribution >= 0.6 is 0 Å². The van der Waals surface area contributed by atoms with Gasteiger partial charge in [-0.25, -0.2) is 15.0 Å². The zero-order chi connectivity index (χ0) is 17.6. The van der Waals surface area contributed by atoms with Crippen LogP contribution in [0.25, 0.3) is 0 Å². The lowest BCUT2D eigenvalue weighted by Gasteiger charge is -2.31. The molecular weight excluding hydrogens is 320 g/mol.